The van der Waals surface area contributed by atoms with Crippen molar-refractivity contribution < 1.29 is 14.3 Å². The van der Waals surface area contributed by atoms with E-state index in [0.29, 0.717) is 11.7 Å². The maximum Gasteiger partial charge on any atom is 0.261 e. The lowest BCUT2D eigenvalue weighted by atomic mass is 10.0. The van der Waals surface area contributed by atoms with Crippen LogP contribution in [0.1, 0.15) is 44.7 Å². The van der Waals surface area contributed by atoms with E-state index in [1.807, 2.05) is 39.0 Å². The molecule has 0 aromatic heterocycles. The molecule has 5 heteroatoms. The third-order valence-electron chi connectivity index (χ3n) is 3.41. The summed E-state index contributed by atoms with van der Waals surface area (Å²) in [6.45, 7) is 9.62. The third-order valence-corrected chi connectivity index (χ3v) is 3.41. The lowest BCUT2D eigenvalue weighted by molar-refractivity contribution is -0.138. The van der Waals surface area contributed by atoms with Crippen molar-refractivity contribution in [2.24, 2.45) is 5.73 Å². The van der Waals surface area contributed by atoms with E-state index in [2.05, 4.69) is 13.8 Å². The number of benzene rings is 1. The average molecular weight is 306 g/mol. The summed E-state index contributed by atoms with van der Waals surface area (Å²) < 4.78 is 5.71. The predicted octanol–water partition coefficient (Wildman–Crippen LogP) is 2.22. The van der Waals surface area contributed by atoms with Crippen molar-refractivity contribution in [3.05, 3.63) is 29.3 Å². The zero-order valence-corrected chi connectivity index (χ0v) is 14.1. The summed E-state index contributed by atoms with van der Waals surface area (Å²) in [7, 11) is 0. The Bertz CT molecular complexity index is 539. The monoisotopic (exact) mass is 306 g/mol. The van der Waals surface area contributed by atoms with Gasteiger partial charge in [0.2, 0.25) is 5.91 Å². The molecular weight excluding hydrogens is 280 g/mol. The molecule has 0 radical (unpaired) electrons. The third kappa shape index (κ3) is 5.06. The van der Waals surface area contributed by atoms with Crippen LogP contribution in [0.25, 0.3) is 0 Å². The van der Waals surface area contributed by atoms with Crippen LogP contribution >= 0.6 is 0 Å². The molecule has 1 aromatic rings. The molecule has 22 heavy (non-hydrogen) atoms. The molecule has 1 aromatic carbocycles. The van der Waals surface area contributed by atoms with E-state index in [9.17, 15) is 9.59 Å². The lowest BCUT2D eigenvalue weighted by Gasteiger charge is -2.25. The van der Waals surface area contributed by atoms with Crippen LogP contribution in [0.3, 0.4) is 0 Å². The van der Waals surface area contributed by atoms with Crippen LogP contribution in [0.5, 0.6) is 5.75 Å². The van der Waals surface area contributed by atoms with Crippen molar-refractivity contribution in [2.45, 2.75) is 46.6 Å². The number of nitrogens with two attached hydrogens (primary N) is 1. The van der Waals surface area contributed by atoms with Gasteiger partial charge in [0.15, 0.2) is 6.61 Å². The molecule has 0 saturated carbocycles. The number of carbonyl (C=O) groups is 2. The van der Waals surface area contributed by atoms with Gasteiger partial charge in [0.05, 0.1) is 6.54 Å². The first kappa shape index (κ1) is 18.0. The molecule has 5 nitrogen and oxygen atoms in total. The quantitative estimate of drug-likeness (QED) is 0.839. The number of primary amides is 1. The molecule has 0 bridgehead atoms. The fraction of sp³-hybridized carbons (Fsp3) is 0.529. The SMILES string of the molecule is Cc1ccc(C(C)C)c(OCC(=O)N(CC(N)=O)C(C)C)c1. The topological polar surface area (TPSA) is 72.6 Å². The van der Waals surface area contributed by atoms with Crippen LogP contribution in [0.15, 0.2) is 18.2 Å². The Labute approximate surface area is 132 Å². The Kier molecular flexibility index (Phi) is 6.40. The van der Waals surface area contributed by atoms with Crippen molar-refractivity contribution in [1.29, 1.82) is 0 Å². The summed E-state index contributed by atoms with van der Waals surface area (Å²) in [5, 5.41) is 0. The normalized spacial score (nSPS) is 10.9. The molecular formula is C17H26N2O3. The number of ether oxygens (including phenoxy) is 1. The minimum atomic E-state index is -0.527. The number of nitrogens with zero attached hydrogens (tertiary/aromatic N) is 1. The van der Waals surface area contributed by atoms with Crippen LogP contribution < -0.4 is 10.5 Å². The molecule has 0 heterocycles. The number of aryl methyl sites for hydroxylation is 1. The van der Waals surface area contributed by atoms with Gasteiger partial charge in [-0.1, -0.05) is 26.0 Å². The molecule has 0 aliphatic rings. The standard InChI is InChI=1S/C17H26N2O3/c1-11(2)14-7-6-13(5)8-15(14)22-10-17(21)19(12(3)4)9-16(18)20/h6-8,11-12H,9-10H2,1-5H3,(H2,18,20). The average Bonchev–Trinajstić information content (AvgIpc) is 2.41. The maximum absolute atomic E-state index is 12.3. The Hall–Kier alpha value is -2.04. The molecule has 0 atom stereocenters. The highest BCUT2D eigenvalue weighted by Crippen LogP contribution is 2.27. The van der Waals surface area contributed by atoms with Gasteiger partial charge in [0.25, 0.3) is 5.91 Å². The van der Waals surface area contributed by atoms with Crippen LogP contribution in [0, 0.1) is 6.92 Å². The molecule has 122 valence electrons. The van der Waals surface area contributed by atoms with Gasteiger partial charge in [0.1, 0.15) is 5.75 Å². The van der Waals surface area contributed by atoms with Gasteiger partial charge in [-0.2, -0.15) is 0 Å². The molecule has 2 amide bonds. The van der Waals surface area contributed by atoms with Crippen molar-refractivity contribution >= 4 is 11.8 Å². The first-order chi connectivity index (χ1) is 10.2. The van der Waals surface area contributed by atoms with E-state index in [0.717, 1.165) is 11.1 Å². The summed E-state index contributed by atoms with van der Waals surface area (Å²) in [5.41, 5.74) is 7.32. The van der Waals surface area contributed by atoms with Crippen molar-refractivity contribution in [1.82, 2.24) is 4.90 Å². The second kappa shape index (κ2) is 7.82. The van der Waals surface area contributed by atoms with Gasteiger partial charge in [-0.15, -0.1) is 0 Å². The highest BCUT2D eigenvalue weighted by molar-refractivity contribution is 5.84. The van der Waals surface area contributed by atoms with E-state index < -0.39 is 5.91 Å². The second-order valence-corrected chi connectivity index (χ2v) is 6.07. The molecule has 0 fully saturated rings. The second-order valence-electron chi connectivity index (χ2n) is 6.07. The van der Waals surface area contributed by atoms with Crippen LogP contribution in [0.4, 0.5) is 0 Å². The largest absolute Gasteiger partial charge is 0.483 e. The zero-order valence-electron chi connectivity index (χ0n) is 14.1. The molecule has 0 aliphatic heterocycles. The van der Waals surface area contributed by atoms with Gasteiger partial charge in [-0.3, -0.25) is 9.59 Å². The fourth-order valence-electron chi connectivity index (χ4n) is 2.19. The molecule has 0 spiro atoms. The predicted molar refractivity (Wildman–Crippen MR) is 86.8 cm³/mol. The van der Waals surface area contributed by atoms with E-state index in [4.69, 9.17) is 10.5 Å². The van der Waals surface area contributed by atoms with Crippen molar-refractivity contribution in [2.75, 3.05) is 13.2 Å². The minimum Gasteiger partial charge on any atom is -0.483 e. The van der Waals surface area contributed by atoms with E-state index in [1.165, 1.54) is 4.90 Å². The van der Waals surface area contributed by atoms with Gasteiger partial charge >= 0.3 is 0 Å². The van der Waals surface area contributed by atoms with E-state index in [1.54, 1.807) is 0 Å². The summed E-state index contributed by atoms with van der Waals surface area (Å²) in [6, 6.07) is 5.86. The van der Waals surface area contributed by atoms with Crippen molar-refractivity contribution in [3.63, 3.8) is 0 Å². The summed E-state index contributed by atoms with van der Waals surface area (Å²) in [4.78, 5) is 24.7. The van der Waals surface area contributed by atoms with Gasteiger partial charge in [-0.25, -0.2) is 0 Å². The van der Waals surface area contributed by atoms with Crippen LogP contribution in [0.2, 0.25) is 0 Å². The Balaban J connectivity index is 2.82. The number of hydrogen-bond donors (Lipinski definition) is 1. The Morgan fingerprint density at radius 1 is 1.23 bits per heavy atom. The highest BCUT2D eigenvalue weighted by atomic mass is 16.5. The fourth-order valence-corrected chi connectivity index (χ4v) is 2.19. The first-order valence-electron chi connectivity index (χ1n) is 7.53. The Morgan fingerprint density at radius 3 is 2.36 bits per heavy atom. The maximum atomic E-state index is 12.3. The Morgan fingerprint density at radius 2 is 1.86 bits per heavy atom. The summed E-state index contributed by atoms with van der Waals surface area (Å²) in [6.07, 6.45) is 0. The van der Waals surface area contributed by atoms with Crippen LogP contribution in [-0.2, 0) is 9.59 Å². The zero-order chi connectivity index (χ0) is 16.9. The molecule has 0 saturated heterocycles. The first-order valence-corrected chi connectivity index (χ1v) is 7.53. The number of carbonyl (C=O) groups excluding carboxylic acids is 2. The van der Waals surface area contributed by atoms with Gasteiger partial charge in [-0.05, 0) is 43.9 Å². The molecule has 1 rings (SSSR count). The number of rotatable bonds is 7. The smallest absolute Gasteiger partial charge is 0.261 e. The van der Waals surface area contributed by atoms with Gasteiger partial charge in [0, 0.05) is 6.04 Å². The minimum absolute atomic E-state index is 0.0925. The van der Waals surface area contributed by atoms with E-state index >= 15 is 0 Å². The van der Waals surface area contributed by atoms with E-state index in [-0.39, 0.29) is 25.1 Å². The van der Waals surface area contributed by atoms with Crippen molar-refractivity contribution in [3.8, 4) is 5.75 Å². The number of amides is 2. The van der Waals surface area contributed by atoms with Gasteiger partial charge < -0.3 is 15.4 Å². The molecule has 0 unspecified atom stereocenters. The lowest BCUT2D eigenvalue weighted by Crippen LogP contribution is -2.44. The molecule has 0 aliphatic carbocycles. The summed E-state index contributed by atoms with van der Waals surface area (Å²) >= 11 is 0. The van der Waals surface area contributed by atoms with Crippen LogP contribution in [-0.4, -0.2) is 35.9 Å². The highest BCUT2D eigenvalue weighted by Gasteiger charge is 2.20. The molecule has 2 N–H and O–H groups in total. The summed E-state index contributed by atoms with van der Waals surface area (Å²) in [5.74, 6) is 0.245. The number of hydrogen-bond acceptors (Lipinski definition) is 3.